The molecule has 1 aromatic carbocycles. The van der Waals surface area contributed by atoms with Gasteiger partial charge in [0.1, 0.15) is 5.71 Å². The standard InChI is InChI=1S/C19H19N3O4S/c1-13(16-8-5-11-27-16)20-17(23)12-26-19(25)15-9-10-18(24)22(21-15)14-6-3-2-4-7-14/h2-8,11,13H,9-10,12H2,1H3,(H,20,23)/t13-/m0/s1. The normalized spacial score (nSPS) is 15.1. The van der Waals surface area contributed by atoms with Gasteiger partial charge in [-0.3, -0.25) is 9.59 Å². The lowest BCUT2D eigenvalue weighted by Crippen LogP contribution is -2.36. The summed E-state index contributed by atoms with van der Waals surface area (Å²) in [6, 6.07) is 12.5. The van der Waals surface area contributed by atoms with Crippen molar-refractivity contribution in [2.45, 2.75) is 25.8 Å². The summed E-state index contributed by atoms with van der Waals surface area (Å²) in [5.74, 6) is -1.28. The van der Waals surface area contributed by atoms with Crippen molar-refractivity contribution in [2.24, 2.45) is 5.10 Å². The quantitative estimate of drug-likeness (QED) is 0.775. The molecule has 0 aliphatic carbocycles. The Hall–Kier alpha value is -3.00. The van der Waals surface area contributed by atoms with E-state index in [1.165, 1.54) is 16.3 Å². The first kappa shape index (κ1) is 18.8. The van der Waals surface area contributed by atoms with E-state index in [2.05, 4.69) is 10.4 Å². The van der Waals surface area contributed by atoms with Crippen molar-refractivity contribution in [1.29, 1.82) is 0 Å². The molecule has 0 saturated heterocycles. The highest BCUT2D eigenvalue weighted by molar-refractivity contribution is 7.10. The zero-order valence-electron chi connectivity index (χ0n) is 14.8. The van der Waals surface area contributed by atoms with E-state index in [4.69, 9.17) is 4.74 Å². The van der Waals surface area contributed by atoms with E-state index >= 15 is 0 Å². The van der Waals surface area contributed by atoms with Gasteiger partial charge < -0.3 is 10.1 Å². The summed E-state index contributed by atoms with van der Waals surface area (Å²) in [6.45, 7) is 1.47. The molecule has 140 valence electrons. The van der Waals surface area contributed by atoms with Crippen LogP contribution in [0.5, 0.6) is 0 Å². The second-order valence-electron chi connectivity index (χ2n) is 5.97. The fraction of sp³-hybridized carbons (Fsp3) is 0.263. The van der Waals surface area contributed by atoms with Gasteiger partial charge in [0.15, 0.2) is 6.61 Å². The monoisotopic (exact) mass is 385 g/mol. The van der Waals surface area contributed by atoms with Crippen LogP contribution in [0.4, 0.5) is 5.69 Å². The van der Waals surface area contributed by atoms with Crippen LogP contribution >= 0.6 is 11.3 Å². The van der Waals surface area contributed by atoms with Crippen LogP contribution in [0.15, 0.2) is 52.9 Å². The van der Waals surface area contributed by atoms with E-state index in [-0.39, 0.29) is 30.5 Å². The fourth-order valence-electron chi connectivity index (χ4n) is 2.58. The lowest BCUT2D eigenvalue weighted by atomic mass is 10.1. The van der Waals surface area contributed by atoms with Crippen LogP contribution < -0.4 is 10.3 Å². The second-order valence-corrected chi connectivity index (χ2v) is 6.95. The van der Waals surface area contributed by atoms with Crippen molar-refractivity contribution in [2.75, 3.05) is 11.6 Å². The summed E-state index contributed by atoms with van der Waals surface area (Å²) in [4.78, 5) is 37.3. The highest BCUT2D eigenvalue weighted by Gasteiger charge is 2.26. The van der Waals surface area contributed by atoms with Crippen molar-refractivity contribution < 1.29 is 19.1 Å². The molecule has 0 bridgehead atoms. The number of hydrogen-bond acceptors (Lipinski definition) is 6. The molecule has 0 unspecified atom stereocenters. The summed E-state index contributed by atoms with van der Waals surface area (Å²) >= 11 is 1.54. The van der Waals surface area contributed by atoms with Gasteiger partial charge in [-0.25, -0.2) is 9.80 Å². The molecule has 2 aromatic rings. The Bertz CT molecular complexity index is 849. The molecule has 1 N–H and O–H groups in total. The van der Waals surface area contributed by atoms with Crippen LogP contribution in [0.2, 0.25) is 0 Å². The molecule has 8 heteroatoms. The first-order chi connectivity index (χ1) is 13.0. The summed E-state index contributed by atoms with van der Waals surface area (Å²) < 4.78 is 5.06. The van der Waals surface area contributed by atoms with Gasteiger partial charge in [0.25, 0.3) is 5.91 Å². The van der Waals surface area contributed by atoms with Gasteiger partial charge in [-0.15, -0.1) is 11.3 Å². The molecule has 2 heterocycles. The smallest absolute Gasteiger partial charge is 0.355 e. The number of thiophene rings is 1. The molecule has 1 aromatic heterocycles. The summed E-state index contributed by atoms with van der Waals surface area (Å²) in [5, 5.41) is 10.0. The van der Waals surface area contributed by atoms with E-state index in [0.717, 1.165) is 4.88 Å². The van der Waals surface area contributed by atoms with Crippen molar-refractivity contribution >= 4 is 40.5 Å². The van der Waals surface area contributed by atoms with Crippen LogP contribution in [0.1, 0.15) is 30.7 Å². The average molecular weight is 385 g/mol. The van der Waals surface area contributed by atoms with Gasteiger partial charge in [-0.1, -0.05) is 24.3 Å². The molecule has 2 amide bonds. The van der Waals surface area contributed by atoms with Crippen molar-refractivity contribution in [3.05, 3.63) is 52.7 Å². The van der Waals surface area contributed by atoms with Crippen LogP contribution in [0.3, 0.4) is 0 Å². The molecule has 3 rings (SSSR count). The maximum Gasteiger partial charge on any atom is 0.355 e. The topological polar surface area (TPSA) is 88.1 Å². The molecule has 0 radical (unpaired) electrons. The highest BCUT2D eigenvalue weighted by Crippen LogP contribution is 2.20. The average Bonchev–Trinajstić information content (AvgIpc) is 3.22. The van der Waals surface area contributed by atoms with Crippen molar-refractivity contribution in [3.8, 4) is 0 Å². The zero-order valence-corrected chi connectivity index (χ0v) is 15.6. The van der Waals surface area contributed by atoms with Crippen LogP contribution in [0, 0.1) is 0 Å². The number of ether oxygens (including phenoxy) is 1. The Morgan fingerprint density at radius 1 is 1.22 bits per heavy atom. The van der Waals surface area contributed by atoms with E-state index < -0.39 is 18.5 Å². The molecule has 27 heavy (non-hydrogen) atoms. The SMILES string of the molecule is C[C@H](NC(=O)COC(=O)C1=NN(c2ccccc2)C(=O)CC1)c1cccs1. The first-order valence-corrected chi connectivity index (χ1v) is 9.38. The second kappa shape index (κ2) is 8.59. The van der Waals surface area contributed by atoms with Gasteiger partial charge in [0, 0.05) is 17.7 Å². The van der Waals surface area contributed by atoms with Gasteiger partial charge in [0.05, 0.1) is 11.7 Å². The number of carbonyl (C=O) groups excluding carboxylic acids is 3. The van der Waals surface area contributed by atoms with E-state index in [0.29, 0.717) is 5.69 Å². The predicted octanol–water partition coefficient (Wildman–Crippen LogP) is 2.65. The van der Waals surface area contributed by atoms with Gasteiger partial charge in [-0.05, 0) is 30.5 Å². The first-order valence-electron chi connectivity index (χ1n) is 8.50. The number of amides is 2. The molecule has 0 spiro atoms. The number of nitrogens with one attached hydrogen (secondary N) is 1. The van der Waals surface area contributed by atoms with Gasteiger partial charge in [-0.2, -0.15) is 5.10 Å². The van der Waals surface area contributed by atoms with E-state index in [1.807, 2.05) is 30.5 Å². The largest absolute Gasteiger partial charge is 0.451 e. The lowest BCUT2D eigenvalue weighted by molar-refractivity contribution is -0.142. The minimum atomic E-state index is -0.692. The Morgan fingerprint density at radius 3 is 2.70 bits per heavy atom. The predicted molar refractivity (Wildman–Crippen MR) is 102 cm³/mol. The van der Waals surface area contributed by atoms with Crippen LogP contribution in [-0.2, 0) is 19.1 Å². The third-order valence-corrected chi connectivity index (χ3v) is 5.01. The molecule has 0 fully saturated rings. The third-order valence-electron chi connectivity index (χ3n) is 3.95. The maximum atomic E-state index is 12.2. The number of hydrazone groups is 1. The van der Waals surface area contributed by atoms with Crippen molar-refractivity contribution in [3.63, 3.8) is 0 Å². The summed E-state index contributed by atoms with van der Waals surface area (Å²) in [6.07, 6.45) is 0.346. The Labute approximate surface area is 160 Å². The molecule has 1 aliphatic rings. The summed E-state index contributed by atoms with van der Waals surface area (Å²) in [5.41, 5.74) is 0.701. The molecular formula is C19H19N3O4S. The molecule has 1 atom stereocenters. The van der Waals surface area contributed by atoms with Crippen LogP contribution in [0.25, 0.3) is 0 Å². The zero-order chi connectivity index (χ0) is 19.2. The Balaban J connectivity index is 1.57. The number of para-hydroxylation sites is 1. The lowest BCUT2D eigenvalue weighted by Gasteiger charge is -2.22. The van der Waals surface area contributed by atoms with Crippen molar-refractivity contribution in [1.82, 2.24) is 5.32 Å². The number of esters is 1. The molecular weight excluding hydrogens is 366 g/mol. The number of carbonyl (C=O) groups is 3. The molecule has 7 nitrogen and oxygen atoms in total. The number of nitrogens with zero attached hydrogens (tertiary/aromatic N) is 2. The number of hydrogen-bond donors (Lipinski definition) is 1. The van der Waals surface area contributed by atoms with Gasteiger partial charge in [0.2, 0.25) is 5.91 Å². The Kier molecular flexibility index (Phi) is 5.97. The number of anilines is 1. The van der Waals surface area contributed by atoms with Crippen LogP contribution in [-0.4, -0.2) is 30.1 Å². The van der Waals surface area contributed by atoms with E-state index in [1.54, 1.807) is 24.3 Å². The molecule has 1 aliphatic heterocycles. The molecule has 0 saturated carbocycles. The third kappa shape index (κ3) is 4.79. The van der Waals surface area contributed by atoms with E-state index in [9.17, 15) is 14.4 Å². The summed E-state index contributed by atoms with van der Waals surface area (Å²) in [7, 11) is 0. The minimum Gasteiger partial charge on any atom is -0.451 e. The number of rotatable bonds is 6. The number of benzene rings is 1. The fourth-order valence-corrected chi connectivity index (χ4v) is 3.31. The minimum absolute atomic E-state index is 0.123. The highest BCUT2D eigenvalue weighted by atomic mass is 32.1. The Morgan fingerprint density at radius 2 is 2.00 bits per heavy atom. The maximum absolute atomic E-state index is 12.2. The van der Waals surface area contributed by atoms with Gasteiger partial charge >= 0.3 is 5.97 Å².